The molecule has 2 aliphatic rings. The summed E-state index contributed by atoms with van der Waals surface area (Å²) in [6.07, 6.45) is 3.50. The third-order valence-electron chi connectivity index (χ3n) is 4.73. The maximum atomic E-state index is 12.1. The Hall–Kier alpha value is -0.610. The summed E-state index contributed by atoms with van der Waals surface area (Å²) in [6, 6.07) is 0.295. The summed E-state index contributed by atoms with van der Waals surface area (Å²) < 4.78 is 0. The smallest absolute Gasteiger partial charge is 0.237 e. The van der Waals surface area contributed by atoms with Gasteiger partial charge in [0.25, 0.3) is 0 Å². The Labute approximate surface area is 110 Å². The molecule has 1 spiro atoms. The Kier molecular flexibility index (Phi) is 4.28. The molecule has 2 aliphatic heterocycles. The highest BCUT2D eigenvalue weighted by molar-refractivity contribution is 5.81. The van der Waals surface area contributed by atoms with Crippen LogP contribution in [0.25, 0.3) is 0 Å². The summed E-state index contributed by atoms with van der Waals surface area (Å²) in [7, 11) is 0. The van der Waals surface area contributed by atoms with Crippen molar-refractivity contribution in [2.75, 3.05) is 26.2 Å². The van der Waals surface area contributed by atoms with Gasteiger partial charge in [0, 0.05) is 19.1 Å². The van der Waals surface area contributed by atoms with Crippen molar-refractivity contribution in [3.05, 3.63) is 0 Å². The van der Waals surface area contributed by atoms with Crippen molar-refractivity contribution in [3.8, 4) is 0 Å². The Morgan fingerprint density at radius 3 is 2.83 bits per heavy atom. The molecule has 0 bridgehead atoms. The van der Waals surface area contributed by atoms with Crippen molar-refractivity contribution < 1.29 is 4.79 Å². The fraction of sp³-hybridized carbons (Fsp3) is 0.929. The number of carbonyl (C=O) groups is 1. The van der Waals surface area contributed by atoms with Crippen LogP contribution in [0.5, 0.6) is 0 Å². The minimum Gasteiger partial charge on any atom is -0.352 e. The quantitative estimate of drug-likeness (QED) is 0.785. The van der Waals surface area contributed by atoms with E-state index in [9.17, 15) is 4.79 Å². The van der Waals surface area contributed by atoms with Crippen molar-refractivity contribution in [2.24, 2.45) is 5.41 Å². The Morgan fingerprint density at radius 1 is 1.44 bits per heavy atom. The van der Waals surface area contributed by atoms with Gasteiger partial charge >= 0.3 is 0 Å². The van der Waals surface area contributed by atoms with Crippen LogP contribution in [-0.2, 0) is 4.79 Å². The minimum atomic E-state index is 0.0129. The number of hydrogen-bond donors (Lipinski definition) is 2. The van der Waals surface area contributed by atoms with E-state index in [1.54, 1.807) is 0 Å². The number of amides is 1. The molecule has 104 valence electrons. The number of hydrogen-bond acceptors (Lipinski definition) is 3. The first-order chi connectivity index (χ1) is 8.56. The van der Waals surface area contributed by atoms with Gasteiger partial charge in [-0.25, -0.2) is 0 Å². The second kappa shape index (κ2) is 5.57. The van der Waals surface area contributed by atoms with Crippen LogP contribution in [0.4, 0.5) is 0 Å². The van der Waals surface area contributed by atoms with Gasteiger partial charge in [-0.3, -0.25) is 9.69 Å². The van der Waals surface area contributed by atoms with Crippen LogP contribution in [0.2, 0.25) is 0 Å². The maximum absolute atomic E-state index is 12.1. The molecule has 0 aliphatic carbocycles. The maximum Gasteiger partial charge on any atom is 0.237 e. The van der Waals surface area contributed by atoms with E-state index < -0.39 is 0 Å². The lowest BCUT2D eigenvalue weighted by Crippen LogP contribution is -2.47. The van der Waals surface area contributed by atoms with E-state index in [1.807, 2.05) is 6.92 Å². The zero-order valence-electron chi connectivity index (χ0n) is 12.0. The first-order valence-electron chi connectivity index (χ1n) is 7.31. The van der Waals surface area contributed by atoms with Crippen molar-refractivity contribution in [1.82, 2.24) is 15.5 Å². The van der Waals surface area contributed by atoms with Crippen molar-refractivity contribution >= 4 is 5.91 Å². The van der Waals surface area contributed by atoms with Crippen LogP contribution in [-0.4, -0.2) is 49.1 Å². The molecule has 0 radical (unpaired) electrons. The molecule has 0 saturated carbocycles. The summed E-state index contributed by atoms with van der Waals surface area (Å²) in [4.78, 5) is 14.5. The lowest BCUT2D eigenvalue weighted by molar-refractivity contribution is -0.126. The molecular formula is C14H27N3O. The highest BCUT2D eigenvalue weighted by atomic mass is 16.2. The van der Waals surface area contributed by atoms with Crippen LogP contribution in [0, 0.1) is 5.41 Å². The number of rotatable bonds is 4. The molecule has 4 nitrogen and oxygen atoms in total. The van der Waals surface area contributed by atoms with E-state index >= 15 is 0 Å². The Morgan fingerprint density at radius 2 is 2.22 bits per heavy atom. The Balaban J connectivity index is 1.86. The molecule has 4 heteroatoms. The lowest BCUT2D eigenvalue weighted by atomic mass is 9.86. The van der Waals surface area contributed by atoms with Crippen LogP contribution < -0.4 is 10.6 Å². The standard InChI is InChI=1S/C14H27N3O/c1-4-11(2)16-13(18)12(3)17-8-6-14(10-17)5-7-15-9-14/h11-12,15H,4-10H2,1-3H3,(H,16,18). The second-order valence-corrected chi connectivity index (χ2v) is 6.14. The monoisotopic (exact) mass is 253 g/mol. The SMILES string of the molecule is CCC(C)NC(=O)C(C)N1CCC2(CCNC2)C1. The summed E-state index contributed by atoms with van der Waals surface area (Å²) in [5, 5.41) is 6.55. The number of likely N-dealkylation sites (tertiary alicyclic amines) is 1. The van der Waals surface area contributed by atoms with Gasteiger partial charge in [-0.15, -0.1) is 0 Å². The summed E-state index contributed by atoms with van der Waals surface area (Å²) in [5.74, 6) is 0.187. The van der Waals surface area contributed by atoms with Crippen molar-refractivity contribution in [3.63, 3.8) is 0 Å². The average molecular weight is 253 g/mol. The van der Waals surface area contributed by atoms with E-state index in [4.69, 9.17) is 0 Å². The van der Waals surface area contributed by atoms with E-state index in [2.05, 4.69) is 29.4 Å². The molecule has 3 atom stereocenters. The van der Waals surface area contributed by atoms with Crippen LogP contribution in [0.15, 0.2) is 0 Å². The molecule has 2 rings (SSSR count). The van der Waals surface area contributed by atoms with Gasteiger partial charge in [-0.2, -0.15) is 0 Å². The minimum absolute atomic E-state index is 0.0129. The summed E-state index contributed by atoms with van der Waals surface area (Å²) in [5.41, 5.74) is 0.449. The molecule has 2 fully saturated rings. The van der Waals surface area contributed by atoms with Gasteiger partial charge in [0.1, 0.15) is 0 Å². The average Bonchev–Trinajstić information content (AvgIpc) is 2.99. The predicted octanol–water partition coefficient (Wildman–Crippen LogP) is 0.975. The zero-order chi connectivity index (χ0) is 13.2. The van der Waals surface area contributed by atoms with Crippen molar-refractivity contribution in [2.45, 2.75) is 52.1 Å². The van der Waals surface area contributed by atoms with Crippen molar-refractivity contribution in [1.29, 1.82) is 0 Å². The van der Waals surface area contributed by atoms with Gasteiger partial charge in [0.15, 0.2) is 0 Å². The van der Waals surface area contributed by atoms with Crippen LogP contribution in [0.1, 0.15) is 40.0 Å². The zero-order valence-corrected chi connectivity index (χ0v) is 12.0. The number of nitrogens with zero attached hydrogens (tertiary/aromatic N) is 1. The fourth-order valence-corrected chi connectivity index (χ4v) is 3.08. The molecule has 2 N–H and O–H groups in total. The van der Waals surface area contributed by atoms with E-state index in [1.165, 1.54) is 12.8 Å². The normalized spacial score (nSPS) is 31.7. The van der Waals surface area contributed by atoms with Crippen LogP contribution >= 0.6 is 0 Å². The first kappa shape index (κ1) is 13.8. The molecule has 2 saturated heterocycles. The highest BCUT2D eigenvalue weighted by Crippen LogP contribution is 2.36. The second-order valence-electron chi connectivity index (χ2n) is 6.14. The van der Waals surface area contributed by atoms with E-state index in [-0.39, 0.29) is 18.0 Å². The number of carbonyl (C=O) groups excluding carboxylic acids is 1. The first-order valence-corrected chi connectivity index (χ1v) is 7.31. The largest absolute Gasteiger partial charge is 0.352 e. The predicted molar refractivity (Wildman–Crippen MR) is 73.5 cm³/mol. The fourth-order valence-electron chi connectivity index (χ4n) is 3.08. The lowest BCUT2D eigenvalue weighted by Gasteiger charge is -2.27. The van der Waals surface area contributed by atoms with E-state index in [0.29, 0.717) is 5.41 Å². The molecule has 0 aromatic heterocycles. The van der Waals surface area contributed by atoms with Gasteiger partial charge in [-0.1, -0.05) is 6.92 Å². The molecular weight excluding hydrogens is 226 g/mol. The molecule has 18 heavy (non-hydrogen) atoms. The molecule has 1 amide bonds. The molecule has 0 aromatic carbocycles. The van der Waals surface area contributed by atoms with Gasteiger partial charge < -0.3 is 10.6 Å². The summed E-state index contributed by atoms with van der Waals surface area (Å²) >= 11 is 0. The van der Waals surface area contributed by atoms with Gasteiger partial charge in [0.2, 0.25) is 5.91 Å². The third-order valence-corrected chi connectivity index (χ3v) is 4.73. The van der Waals surface area contributed by atoms with E-state index in [0.717, 1.165) is 32.6 Å². The molecule has 0 aromatic rings. The highest BCUT2D eigenvalue weighted by Gasteiger charge is 2.42. The Bertz CT molecular complexity index is 299. The van der Waals surface area contributed by atoms with Crippen LogP contribution in [0.3, 0.4) is 0 Å². The topological polar surface area (TPSA) is 44.4 Å². The van der Waals surface area contributed by atoms with Gasteiger partial charge in [-0.05, 0) is 51.6 Å². The summed E-state index contributed by atoms with van der Waals surface area (Å²) in [6.45, 7) is 10.6. The third kappa shape index (κ3) is 2.86. The van der Waals surface area contributed by atoms with Gasteiger partial charge in [0.05, 0.1) is 6.04 Å². The molecule has 2 heterocycles. The number of nitrogens with one attached hydrogen (secondary N) is 2. The molecule has 3 unspecified atom stereocenters.